The van der Waals surface area contributed by atoms with Crippen molar-refractivity contribution in [3.63, 3.8) is 0 Å². The zero-order chi connectivity index (χ0) is 12.3. The predicted octanol–water partition coefficient (Wildman–Crippen LogP) is 0.850. The van der Waals surface area contributed by atoms with Gasteiger partial charge in [-0.15, -0.1) is 0 Å². The lowest BCUT2D eigenvalue weighted by molar-refractivity contribution is -0.00352. The van der Waals surface area contributed by atoms with Gasteiger partial charge in [-0.3, -0.25) is 4.90 Å². The lowest BCUT2D eigenvalue weighted by atomic mass is 9.91. The average molecular weight is 242 g/mol. The van der Waals surface area contributed by atoms with Crippen molar-refractivity contribution in [1.29, 1.82) is 0 Å². The molecule has 0 aromatic heterocycles. The average Bonchev–Trinajstić information content (AvgIpc) is 2.77. The Hall–Kier alpha value is -0.160. The number of nitrogens with two attached hydrogens (primary N) is 1. The van der Waals surface area contributed by atoms with E-state index in [1.165, 1.54) is 12.8 Å². The third-order valence-corrected chi connectivity index (χ3v) is 4.36. The van der Waals surface area contributed by atoms with E-state index in [-0.39, 0.29) is 0 Å². The maximum absolute atomic E-state index is 5.98. The molecule has 4 unspecified atom stereocenters. The van der Waals surface area contributed by atoms with Gasteiger partial charge >= 0.3 is 0 Å². The number of nitrogens with zero attached hydrogens (tertiary/aromatic N) is 1. The van der Waals surface area contributed by atoms with E-state index in [1.54, 1.807) is 0 Å². The zero-order valence-corrected chi connectivity index (χ0v) is 11.1. The first kappa shape index (κ1) is 13.3. The van der Waals surface area contributed by atoms with E-state index in [1.807, 2.05) is 0 Å². The normalized spacial score (nSPS) is 36.4. The Morgan fingerprint density at radius 2 is 2.18 bits per heavy atom. The molecule has 0 aromatic carbocycles. The Kier molecular flexibility index (Phi) is 4.79. The molecule has 2 saturated heterocycles. The molecular weight excluding hydrogens is 216 g/mol. The summed E-state index contributed by atoms with van der Waals surface area (Å²) in [5.41, 5.74) is 5.98. The third-order valence-electron chi connectivity index (χ3n) is 4.36. The van der Waals surface area contributed by atoms with Gasteiger partial charge in [0.2, 0.25) is 0 Å². The molecule has 100 valence electrons. The molecule has 4 atom stereocenters. The molecule has 2 aliphatic heterocycles. The lowest BCUT2D eigenvalue weighted by Crippen LogP contribution is -2.52. The van der Waals surface area contributed by atoms with Gasteiger partial charge in [-0.2, -0.15) is 0 Å². The molecule has 0 amide bonds. The number of hydrogen-bond acceptors (Lipinski definition) is 4. The lowest BCUT2D eigenvalue weighted by Gasteiger charge is -2.39. The van der Waals surface area contributed by atoms with Crippen LogP contribution in [-0.4, -0.2) is 56.5 Å². The van der Waals surface area contributed by atoms with E-state index in [4.69, 9.17) is 15.2 Å². The maximum Gasteiger partial charge on any atom is 0.0703 e. The van der Waals surface area contributed by atoms with E-state index < -0.39 is 0 Å². The van der Waals surface area contributed by atoms with Crippen molar-refractivity contribution >= 4 is 0 Å². The van der Waals surface area contributed by atoms with Crippen LogP contribution in [-0.2, 0) is 9.47 Å². The van der Waals surface area contributed by atoms with Gasteiger partial charge < -0.3 is 15.2 Å². The van der Waals surface area contributed by atoms with E-state index in [0.717, 1.165) is 26.2 Å². The second kappa shape index (κ2) is 6.14. The van der Waals surface area contributed by atoms with E-state index >= 15 is 0 Å². The number of ether oxygens (including phenoxy) is 2. The summed E-state index contributed by atoms with van der Waals surface area (Å²) in [5.74, 6) is 0.589. The fourth-order valence-electron chi connectivity index (χ4n) is 3.26. The van der Waals surface area contributed by atoms with Crippen molar-refractivity contribution in [1.82, 2.24) is 4.90 Å². The molecule has 2 heterocycles. The quantitative estimate of drug-likeness (QED) is 0.794. The van der Waals surface area contributed by atoms with Crippen LogP contribution in [0, 0.1) is 5.92 Å². The molecule has 0 bridgehead atoms. The highest BCUT2D eigenvalue weighted by atomic mass is 16.5. The van der Waals surface area contributed by atoms with Crippen LogP contribution >= 0.6 is 0 Å². The number of likely N-dealkylation sites (N-methyl/N-ethyl adjacent to an activating group) is 1. The van der Waals surface area contributed by atoms with Crippen LogP contribution in [0.5, 0.6) is 0 Å². The molecule has 4 heteroatoms. The van der Waals surface area contributed by atoms with Crippen LogP contribution < -0.4 is 5.73 Å². The van der Waals surface area contributed by atoms with Gasteiger partial charge in [0.1, 0.15) is 0 Å². The Bertz CT molecular complexity index is 231. The van der Waals surface area contributed by atoms with Crippen LogP contribution in [0.25, 0.3) is 0 Å². The Balaban J connectivity index is 1.96. The molecule has 0 aromatic rings. The predicted molar refractivity (Wildman–Crippen MR) is 68.0 cm³/mol. The van der Waals surface area contributed by atoms with Crippen molar-refractivity contribution < 1.29 is 9.47 Å². The minimum atomic E-state index is 0.332. The second-order valence-electron chi connectivity index (χ2n) is 5.38. The highest BCUT2D eigenvalue weighted by molar-refractivity contribution is 4.88. The van der Waals surface area contributed by atoms with Gasteiger partial charge in [-0.25, -0.2) is 0 Å². The molecule has 0 saturated carbocycles. The summed E-state index contributed by atoms with van der Waals surface area (Å²) < 4.78 is 11.2. The van der Waals surface area contributed by atoms with E-state index in [2.05, 4.69) is 18.9 Å². The highest BCUT2D eigenvalue weighted by Gasteiger charge is 2.35. The Morgan fingerprint density at radius 3 is 2.71 bits per heavy atom. The van der Waals surface area contributed by atoms with Crippen LogP contribution in [0.15, 0.2) is 0 Å². The monoisotopic (exact) mass is 242 g/mol. The van der Waals surface area contributed by atoms with Gasteiger partial charge in [0, 0.05) is 31.8 Å². The minimum Gasteiger partial charge on any atom is -0.381 e. The van der Waals surface area contributed by atoms with E-state index in [9.17, 15) is 0 Å². The standard InChI is InChI=1S/C13H26N2O2/c1-10-12(5-7-17-10)15(2)13(8-14)11-4-3-6-16-9-11/h10-13H,3-9,14H2,1-2H3. The fraction of sp³-hybridized carbons (Fsp3) is 1.00. The first-order valence-electron chi connectivity index (χ1n) is 6.85. The molecule has 0 spiro atoms. The van der Waals surface area contributed by atoms with Gasteiger partial charge in [-0.1, -0.05) is 0 Å². The van der Waals surface area contributed by atoms with Gasteiger partial charge in [0.25, 0.3) is 0 Å². The van der Waals surface area contributed by atoms with Crippen LogP contribution in [0.1, 0.15) is 26.2 Å². The summed E-state index contributed by atoms with van der Waals surface area (Å²) in [7, 11) is 2.20. The first-order chi connectivity index (χ1) is 8.24. The molecule has 0 radical (unpaired) electrons. The minimum absolute atomic E-state index is 0.332. The molecule has 2 aliphatic rings. The fourth-order valence-corrected chi connectivity index (χ4v) is 3.26. The smallest absolute Gasteiger partial charge is 0.0703 e. The summed E-state index contributed by atoms with van der Waals surface area (Å²) >= 11 is 0. The SMILES string of the molecule is CC1OCCC1N(C)C(CN)C1CCCOC1. The molecule has 17 heavy (non-hydrogen) atoms. The van der Waals surface area contributed by atoms with Crippen molar-refractivity contribution in [3.05, 3.63) is 0 Å². The van der Waals surface area contributed by atoms with Crippen LogP contribution in [0.3, 0.4) is 0 Å². The summed E-state index contributed by atoms with van der Waals surface area (Å²) in [6, 6.07) is 0.954. The van der Waals surface area contributed by atoms with Crippen molar-refractivity contribution in [2.75, 3.05) is 33.4 Å². The highest BCUT2D eigenvalue weighted by Crippen LogP contribution is 2.26. The largest absolute Gasteiger partial charge is 0.381 e. The zero-order valence-electron chi connectivity index (χ0n) is 11.1. The van der Waals surface area contributed by atoms with E-state index in [0.29, 0.717) is 30.7 Å². The molecule has 2 fully saturated rings. The summed E-state index contributed by atoms with van der Waals surface area (Å²) in [5, 5.41) is 0. The molecule has 2 rings (SSSR count). The van der Waals surface area contributed by atoms with Crippen LogP contribution in [0.4, 0.5) is 0 Å². The van der Waals surface area contributed by atoms with Gasteiger partial charge in [0.05, 0.1) is 12.7 Å². The van der Waals surface area contributed by atoms with Crippen molar-refractivity contribution in [3.8, 4) is 0 Å². The Morgan fingerprint density at radius 1 is 1.35 bits per heavy atom. The number of rotatable bonds is 4. The van der Waals surface area contributed by atoms with Crippen molar-refractivity contribution in [2.24, 2.45) is 11.7 Å². The van der Waals surface area contributed by atoms with Crippen LogP contribution in [0.2, 0.25) is 0 Å². The summed E-state index contributed by atoms with van der Waals surface area (Å²) in [6.45, 7) is 5.55. The first-order valence-corrected chi connectivity index (χ1v) is 6.85. The molecule has 0 aliphatic carbocycles. The van der Waals surface area contributed by atoms with Gasteiger partial charge in [0.15, 0.2) is 0 Å². The third kappa shape index (κ3) is 2.99. The second-order valence-corrected chi connectivity index (χ2v) is 5.38. The Labute approximate surface area is 104 Å². The topological polar surface area (TPSA) is 47.7 Å². The van der Waals surface area contributed by atoms with Crippen molar-refractivity contribution in [2.45, 2.75) is 44.4 Å². The molecule has 2 N–H and O–H groups in total. The number of hydrogen-bond donors (Lipinski definition) is 1. The summed E-state index contributed by atoms with van der Waals surface area (Å²) in [6.07, 6.45) is 3.88. The maximum atomic E-state index is 5.98. The molecular formula is C13H26N2O2. The summed E-state index contributed by atoms with van der Waals surface area (Å²) in [4.78, 5) is 2.44. The molecule has 4 nitrogen and oxygen atoms in total. The van der Waals surface area contributed by atoms with Gasteiger partial charge in [-0.05, 0) is 39.2 Å².